The number of benzene rings is 1. The second-order valence-electron chi connectivity index (χ2n) is 4.75. The fourth-order valence-corrected chi connectivity index (χ4v) is 3.41. The van der Waals surface area contributed by atoms with Gasteiger partial charge in [0.05, 0.1) is 11.3 Å². The summed E-state index contributed by atoms with van der Waals surface area (Å²) in [6.07, 6.45) is 7.12. The second-order valence-corrected chi connectivity index (χ2v) is 6.02. The van der Waals surface area contributed by atoms with Gasteiger partial charge in [-0.3, -0.25) is 0 Å². The van der Waals surface area contributed by atoms with Gasteiger partial charge in [-0.15, -0.1) is 0 Å². The molecule has 0 bridgehead atoms. The molecule has 1 fully saturated rings. The van der Waals surface area contributed by atoms with Crippen molar-refractivity contribution < 1.29 is 4.39 Å². The molecule has 0 aliphatic heterocycles. The summed E-state index contributed by atoms with van der Waals surface area (Å²) >= 11 is 1.90. The van der Waals surface area contributed by atoms with E-state index in [0.717, 1.165) is 12.2 Å². The zero-order valence-electron chi connectivity index (χ0n) is 10.5. The molecule has 0 spiro atoms. The molecule has 0 atom stereocenters. The Bertz CT molecular complexity index is 461. The monoisotopic (exact) mass is 264 g/mol. The fraction of sp³-hybridized carbons (Fsp3) is 0.500. The Labute approximate surface area is 112 Å². The van der Waals surface area contributed by atoms with Crippen LogP contribution in [0.2, 0.25) is 0 Å². The SMILES string of the molecule is CSC1(CNc2ccc(F)cc2C#N)CCCC1. The van der Waals surface area contributed by atoms with Crippen molar-refractivity contribution in [2.24, 2.45) is 0 Å². The van der Waals surface area contributed by atoms with Crippen molar-refractivity contribution in [3.63, 3.8) is 0 Å². The number of nitrogens with zero attached hydrogens (tertiary/aromatic N) is 1. The van der Waals surface area contributed by atoms with E-state index in [0.29, 0.717) is 5.56 Å². The number of nitriles is 1. The Morgan fingerprint density at radius 1 is 1.44 bits per heavy atom. The third-order valence-corrected chi connectivity index (χ3v) is 5.07. The van der Waals surface area contributed by atoms with Gasteiger partial charge in [-0.05, 0) is 37.3 Å². The number of anilines is 1. The van der Waals surface area contributed by atoms with Crippen LogP contribution in [-0.2, 0) is 0 Å². The van der Waals surface area contributed by atoms with Crippen molar-refractivity contribution in [3.8, 4) is 6.07 Å². The lowest BCUT2D eigenvalue weighted by molar-refractivity contribution is 0.626. The first-order valence-electron chi connectivity index (χ1n) is 6.18. The number of hydrogen-bond acceptors (Lipinski definition) is 3. The molecule has 1 aliphatic rings. The molecule has 0 amide bonds. The maximum atomic E-state index is 13.0. The van der Waals surface area contributed by atoms with E-state index in [1.807, 2.05) is 17.8 Å². The van der Waals surface area contributed by atoms with Crippen molar-refractivity contribution in [1.82, 2.24) is 0 Å². The zero-order valence-corrected chi connectivity index (χ0v) is 11.3. The van der Waals surface area contributed by atoms with Crippen molar-refractivity contribution >= 4 is 17.4 Å². The van der Waals surface area contributed by atoms with Crippen molar-refractivity contribution in [3.05, 3.63) is 29.6 Å². The third-order valence-electron chi connectivity index (χ3n) is 3.65. The summed E-state index contributed by atoms with van der Waals surface area (Å²) in [5.41, 5.74) is 1.11. The summed E-state index contributed by atoms with van der Waals surface area (Å²) in [4.78, 5) is 0. The number of hydrogen-bond donors (Lipinski definition) is 1. The minimum Gasteiger partial charge on any atom is -0.383 e. The topological polar surface area (TPSA) is 35.8 Å². The zero-order chi connectivity index (χ0) is 13.0. The van der Waals surface area contributed by atoms with Gasteiger partial charge in [-0.2, -0.15) is 17.0 Å². The average Bonchev–Trinajstić information content (AvgIpc) is 2.86. The summed E-state index contributed by atoms with van der Waals surface area (Å²) in [6, 6.07) is 6.36. The molecule has 0 radical (unpaired) electrons. The highest BCUT2D eigenvalue weighted by Gasteiger charge is 2.32. The van der Waals surface area contributed by atoms with Crippen LogP contribution >= 0.6 is 11.8 Å². The van der Waals surface area contributed by atoms with Gasteiger partial charge in [0.1, 0.15) is 11.9 Å². The van der Waals surface area contributed by atoms with E-state index in [9.17, 15) is 4.39 Å². The van der Waals surface area contributed by atoms with Crippen LogP contribution in [0, 0.1) is 17.1 Å². The summed E-state index contributed by atoms with van der Waals surface area (Å²) in [5, 5.41) is 12.3. The molecular formula is C14H17FN2S. The number of nitrogens with one attached hydrogen (secondary N) is 1. The lowest BCUT2D eigenvalue weighted by Gasteiger charge is -2.27. The summed E-state index contributed by atoms with van der Waals surface area (Å²) < 4.78 is 13.3. The first kappa shape index (κ1) is 13.2. The molecule has 18 heavy (non-hydrogen) atoms. The standard InChI is InChI=1S/C14H17FN2S/c1-18-14(6-2-3-7-14)10-17-13-5-4-12(15)8-11(13)9-16/h4-5,8,17H,2-3,6-7,10H2,1H3. The van der Waals surface area contributed by atoms with Gasteiger partial charge < -0.3 is 5.32 Å². The van der Waals surface area contributed by atoms with E-state index in [-0.39, 0.29) is 10.6 Å². The normalized spacial score (nSPS) is 17.4. The molecular weight excluding hydrogens is 247 g/mol. The average molecular weight is 264 g/mol. The Balaban J connectivity index is 2.08. The highest BCUT2D eigenvalue weighted by molar-refractivity contribution is 8.00. The van der Waals surface area contributed by atoms with Crippen LogP contribution in [0.4, 0.5) is 10.1 Å². The number of thioether (sulfide) groups is 1. The summed E-state index contributed by atoms with van der Waals surface area (Å²) in [5.74, 6) is -0.363. The maximum Gasteiger partial charge on any atom is 0.124 e. The van der Waals surface area contributed by atoms with Crippen molar-refractivity contribution in [2.45, 2.75) is 30.4 Å². The van der Waals surface area contributed by atoms with Gasteiger partial charge in [0.2, 0.25) is 0 Å². The Hall–Kier alpha value is -1.21. The molecule has 4 heteroatoms. The molecule has 0 aromatic heterocycles. The molecule has 1 saturated carbocycles. The van der Waals surface area contributed by atoms with Gasteiger partial charge in [0.25, 0.3) is 0 Å². The number of halogens is 1. The van der Waals surface area contributed by atoms with E-state index in [4.69, 9.17) is 5.26 Å². The molecule has 1 aromatic carbocycles. The molecule has 0 unspecified atom stereocenters. The lowest BCUT2D eigenvalue weighted by Crippen LogP contribution is -2.30. The third kappa shape index (κ3) is 2.78. The molecule has 0 saturated heterocycles. The van der Waals surface area contributed by atoms with Crippen LogP contribution < -0.4 is 5.32 Å². The predicted octanol–water partition coefficient (Wildman–Crippen LogP) is 3.79. The summed E-state index contributed by atoms with van der Waals surface area (Å²) in [7, 11) is 0. The predicted molar refractivity (Wildman–Crippen MR) is 74.3 cm³/mol. The first-order valence-corrected chi connectivity index (χ1v) is 7.40. The minimum absolute atomic E-state index is 0.279. The molecule has 1 aromatic rings. The smallest absolute Gasteiger partial charge is 0.124 e. The first-order chi connectivity index (χ1) is 8.69. The minimum atomic E-state index is -0.363. The van der Waals surface area contributed by atoms with E-state index in [2.05, 4.69) is 11.6 Å². The maximum absolute atomic E-state index is 13.0. The Morgan fingerprint density at radius 2 is 2.17 bits per heavy atom. The lowest BCUT2D eigenvalue weighted by atomic mass is 10.1. The van der Waals surface area contributed by atoms with Crippen molar-refractivity contribution in [1.29, 1.82) is 5.26 Å². The van der Waals surface area contributed by atoms with Gasteiger partial charge in [0.15, 0.2) is 0 Å². The molecule has 0 heterocycles. The van der Waals surface area contributed by atoms with Crippen LogP contribution in [0.25, 0.3) is 0 Å². The largest absolute Gasteiger partial charge is 0.383 e. The fourth-order valence-electron chi connectivity index (χ4n) is 2.49. The van der Waals surface area contributed by atoms with Crippen LogP contribution in [0.3, 0.4) is 0 Å². The van der Waals surface area contributed by atoms with Crippen LogP contribution in [0.5, 0.6) is 0 Å². The molecule has 2 nitrogen and oxygen atoms in total. The Kier molecular flexibility index (Phi) is 4.13. The highest BCUT2D eigenvalue weighted by Crippen LogP contribution is 2.40. The van der Waals surface area contributed by atoms with E-state index in [1.54, 1.807) is 6.07 Å². The van der Waals surface area contributed by atoms with Gasteiger partial charge >= 0.3 is 0 Å². The molecule has 96 valence electrons. The van der Waals surface area contributed by atoms with Crippen LogP contribution in [0.15, 0.2) is 18.2 Å². The van der Waals surface area contributed by atoms with E-state index < -0.39 is 0 Å². The second kappa shape index (κ2) is 5.62. The van der Waals surface area contributed by atoms with Crippen LogP contribution in [0.1, 0.15) is 31.2 Å². The quantitative estimate of drug-likeness (QED) is 0.899. The van der Waals surface area contributed by atoms with Gasteiger partial charge in [-0.1, -0.05) is 12.8 Å². The molecule has 1 aliphatic carbocycles. The number of rotatable bonds is 4. The van der Waals surface area contributed by atoms with E-state index >= 15 is 0 Å². The highest BCUT2D eigenvalue weighted by atomic mass is 32.2. The van der Waals surface area contributed by atoms with Crippen molar-refractivity contribution in [2.75, 3.05) is 18.1 Å². The van der Waals surface area contributed by atoms with Gasteiger partial charge in [0, 0.05) is 11.3 Å². The molecule has 2 rings (SSSR count). The molecule has 1 N–H and O–H groups in total. The van der Waals surface area contributed by atoms with Crippen LogP contribution in [-0.4, -0.2) is 17.5 Å². The van der Waals surface area contributed by atoms with E-state index in [1.165, 1.54) is 37.8 Å². The Morgan fingerprint density at radius 3 is 2.78 bits per heavy atom. The summed E-state index contributed by atoms with van der Waals surface area (Å²) in [6.45, 7) is 0.842. The van der Waals surface area contributed by atoms with Gasteiger partial charge in [-0.25, -0.2) is 4.39 Å².